The maximum atomic E-state index is 5.33. The molecule has 2 aliphatic rings. The SMILES string of the molecule is COc1sc(CN2CCC3(CCNC3)C2)cc1Br.Cl. The predicted molar refractivity (Wildman–Crippen MR) is 85.6 cm³/mol. The van der Waals surface area contributed by atoms with Gasteiger partial charge in [0.2, 0.25) is 0 Å². The maximum absolute atomic E-state index is 5.33. The van der Waals surface area contributed by atoms with E-state index in [1.54, 1.807) is 18.4 Å². The van der Waals surface area contributed by atoms with Crippen molar-refractivity contribution in [1.29, 1.82) is 0 Å². The fraction of sp³-hybridized carbons (Fsp3) is 0.692. The molecule has 3 heterocycles. The van der Waals surface area contributed by atoms with Crippen LogP contribution in [0.1, 0.15) is 17.7 Å². The lowest BCUT2D eigenvalue weighted by atomic mass is 9.87. The Balaban J connectivity index is 0.00000133. The van der Waals surface area contributed by atoms with Gasteiger partial charge in [0.05, 0.1) is 11.6 Å². The Bertz CT molecular complexity index is 434. The highest BCUT2D eigenvalue weighted by Gasteiger charge is 2.40. The molecule has 0 amide bonds. The van der Waals surface area contributed by atoms with Crippen LogP contribution in [0.2, 0.25) is 0 Å². The minimum Gasteiger partial charge on any atom is -0.486 e. The van der Waals surface area contributed by atoms with Crippen LogP contribution in [-0.4, -0.2) is 38.2 Å². The standard InChI is InChI=1S/C13H19BrN2OS.ClH/c1-17-12-11(14)6-10(18-12)7-16-5-3-13(9-16)2-4-15-8-13;/h6,15H,2-5,7-9H2,1H3;1H. The molecule has 108 valence electrons. The van der Waals surface area contributed by atoms with Gasteiger partial charge in [-0.3, -0.25) is 4.90 Å². The zero-order chi connectivity index (χ0) is 12.6. The fourth-order valence-electron chi connectivity index (χ4n) is 3.14. The highest BCUT2D eigenvalue weighted by atomic mass is 79.9. The molecular weight excluding hydrogens is 348 g/mol. The molecule has 0 saturated carbocycles. The summed E-state index contributed by atoms with van der Waals surface area (Å²) in [5.74, 6) is 0. The lowest BCUT2D eigenvalue weighted by Crippen LogP contribution is -2.28. The highest BCUT2D eigenvalue weighted by molar-refractivity contribution is 9.10. The Hall–Kier alpha value is 0.190. The van der Waals surface area contributed by atoms with E-state index >= 15 is 0 Å². The first-order chi connectivity index (χ1) is 8.71. The fourth-order valence-corrected chi connectivity index (χ4v) is 4.88. The van der Waals surface area contributed by atoms with Crippen molar-refractivity contribution in [2.45, 2.75) is 19.4 Å². The van der Waals surface area contributed by atoms with Crippen LogP contribution in [0.5, 0.6) is 5.06 Å². The number of nitrogens with one attached hydrogen (secondary N) is 1. The summed E-state index contributed by atoms with van der Waals surface area (Å²) >= 11 is 5.29. The number of halogens is 2. The second kappa shape index (κ2) is 6.31. The molecule has 2 aliphatic heterocycles. The molecule has 2 saturated heterocycles. The van der Waals surface area contributed by atoms with E-state index < -0.39 is 0 Å². The van der Waals surface area contributed by atoms with E-state index in [1.165, 1.54) is 43.9 Å². The summed E-state index contributed by atoms with van der Waals surface area (Å²) in [6.45, 7) is 5.96. The summed E-state index contributed by atoms with van der Waals surface area (Å²) in [6.07, 6.45) is 2.70. The van der Waals surface area contributed by atoms with Crippen molar-refractivity contribution >= 4 is 39.7 Å². The van der Waals surface area contributed by atoms with Crippen molar-refractivity contribution < 1.29 is 4.74 Å². The van der Waals surface area contributed by atoms with Crippen molar-refractivity contribution in [3.8, 4) is 5.06 Å². The lowest BCUT2D eigenvalue weighted by Gasteiger charge is -2.22. The average Bonchev–Trinajstić information content (AvgIpc) is 3.04. The molecular formula is C13H20BrClN2OS. The van der Waals surface area contributed by atoms with Crippen LogP contribution in [0.3, 0.4) is 0 Å². The molecule has 19 heavy (non-hydrogen) atoms. The monoisotopic (exact) mass is 366 g/mol. The van der Waals surface area contributed by atoms with Gasteiger partial charge in [-0.2, -0.15) is 0 Å². The molecule has 3 nitrogen and oxygen atoms in total. The van der Waals surface area contributed by atoms with Crippen molar-refractivity contribution in [3.63, 3.8) is 0 Å². The molecule has 1 aromatic rings. The van der Waals surface area contributed by atoms with Crippen molar-refractivity contribution in [2.24, 2.45) is 5.41 Å². The second-order valence-electron chi connectivity index (χ2n) is 5.44. The van der Waals surface area contributed by atoms with Gasteiger partial charge < -0.3 is 10.1 Å². The van der Waals surface area contributed by atoms with E-state index in [1.807, 2.05) is 0 Å². The summed E-state index contributed by atoms with van der Waals surface area (Å²) in [5, 5.41) is 4.50. The number of thiophene rings is 1. The lowest BCUT2D eigenvalue weighted by molar-refractivity contribution is 0.270. The Labute approximate surface area is 133 Å². The topological polar surface area (TPSA) is 24.5 Å². The van der Waals surface area contributed by atoms with Gasteiger partial charge in [0.15, 0.2) is 5.06 Å². The first-order valence-electron chi connectivity index (χ1n) is 6.46. The number of likely N-dealkylation sites (tertiary alicyclic amines) is 1. The maximum Gasteiger partial charge on any atom is 0.188 e. The Morgan fingerprint density at radius 2 is 2.37 bits per heavy atom. The number of rotatable bonds is 3. The second-order valence-corrected chi connectivity index (χ2v) is 7.39. The quantitative estimate of drug-likeness (QED) is 0.888. The number of hydrogen-bond donors (Lipinski definition) is 1. The molecule has 0 aromatic carbocycles. The van der Waals surface area contributed by atoms with Crippen molar-refractivity contribution in [3.05, 3.63) is 15.4 Å². The molecule has 0 radical (unpaired) electrons. The first-order valence-corrected chi connectivity index (χ1v) is 8.07. The van der Waals surface area contributed by atoms with E-state index in [4.69, 9.17) is 4.74 Å². The third kappa shape index (κ3) is 3.27. The van der Waals surface area contributed by atoms with Gasteiger partial charge in [0.1, 0.15) is 0 Å². The largest absolute Gasteiger partial charge is 0.486 e. The van der Waals surface area contributed by atoms with E-state index in [-0.39, 0.29) is 12.4 Å². The molecule has 1 aromatic heterocycles. The zero-order valence-electron chi connectivity index (χ0n) is 11.1. The van der Waals surface area contributed by atoms with Gasteiger partial charge in [0.25, 0.3) is 0 Å². The van der Waals surface area contributed by atoms with Crippen molar-refractivity contribution in [1.82, 2.24) is 10.2 Å². The van der Waals surface area contributed by atoms with Crippen LogP contribution < -0.4 is 10.1 Å². The van der Waals surface area contributed by atoms with E-state index in [9.17, 15) is 0 Å². The molecule has 1 spiro atoms. The van der Waals surface area contributed by atoms with Crippen LogP contribution >= 0.6 is 39.7 Å². The normalized spacial score (nSPS) is 26.8. The summed E-state index contributed by atoms with van der Waals surface area (Å²) in [4.78, 5) is 3.98. The molecule has 0 aliphatic carbocycles. The first kappa shape index (κ1) is 15.6. The van der Waals surface area contributed by atoms with Crippen LogP contribution in [0.4, 0.5) is 0 Å². The number of hydrogen-bond acceptors (Lipinski definition) is 4. The Morgan fingerprint density at radius 3 is 3.00 bits per heavy atom. The number of nitrogens with zero attached hydrogens (tertiary/aromatic N) is 1. The smallest absolute Gasteiger partial charge is 0.188 e. The van der Waals surface area contributed by atoms with Crippen molar-refractivity contribution in [2.75, 3.05) is 33.3 Å². The Morgan fingerprint density at radius 1 is 1.53 bits per heavy atom. The van der Waals surface area contributed by atoms with Gasteiger partial charge in [-0.05, 0) is 53.3 Å². The van der Waals surface area contributed by atoms with Crippen LogP contribution in [0.15, 0.2) is 10.5 Å². The van der Waals surface area contributed by atoms with Gasteiger partial charge in [0, 0.05) is 24.5 Å². The molecule has 2 fully saturated rings. The minimum atomic E-state index is 0. The molecule has 1 unspecified atom stereocenters. The minimum absolute atomic E-state index is 0. The van der Waals surface area contributed by atoms with Gasteiger partial charge in [-0.15, -0.1) is 23.7 Å². The Kier molecular flexibility index (Phi) is 5.17. The third-order valence-corrected chi connectivity index (χ3v) is 6.05. The van der Waals surface area contributed by atoms with Gasteiger partial charge >= 0.3 is 0 Å². The predicted octanol–water partition coefficient (Wildman–Crippen LogP) is 3.13. The summed E-state index contributed by atoms with van der Waals surface area (Å²) < 4.78 is 6.41. The zero-order valence-corrected chi connectivity index (χ0v) is 14.3. The average molecular weight is 368 g/mol. The van der Waals surface area contributed by atoms with Gasteiger partial charge in [-0.1, -0.05) is 0 Å². The van der Waals surface area contributed by atoms with E-state index in [0.29, 0.717) is 5.41 Å². The van der Waals surface area contributed by atoms with Crippen LogP contribution in [-0.2, 0) is 6.54 Å². The number of methoxy groups -OCH3 is 1. The summed E-state index contributed by atoms with van der Waals surface area (Å²) in [5.41, 5.74) is 0.568. The molecule has 1 atom stereocenters. The van der Waals surface area contributed by atoms with E-state index in [0.717, 1.165) is 16.1 Å². The van der Waals surface area contributed by atoms with E-state index in [2.05, 4.69) is 32.2 Å². The molecule has 1 N–H and O–H groups in total. The molecule has 3 rings (SSSR count). The third-order valence-electron chi connectivity index (χ3n) is 4.12. The van der Waals surface area contributed by atoms with Gasteiger partial charge in [-0.25, -0.2) is 0 Å². The molecule has 6 heteroatoms. The van der Waals surface area contributed by atoms with Crippen LogP contribution in [0.25, 0.3) is 0 Å². The number of ether oxygens (including phenoxy) is 1. The molecule has 0 bridgehead atoms. The summed E-state index contributed by atoms with van der Waals surface area (Å²) in [6, 6.07) is 2.20. The van der Waals surface area contributed by atoms with Crippen LogP contribution in [0, 0.1) is 5.41 Å². The summed E-state index contributed by atoms with van der Waals surface area (Å²) in [7, 11) is 1.73. The highest BCUT2D eigenvalue weighted by Crippen LogP contribution is 2.39.